The summed E-state index contributed by atoms with van der Waals surface area (Å²) in [5.41, 5.74) is 3.90. The molecule has 0 bridgehead atoms. The van der Waals surface area contributed by atoms with E-state index in [0.29, 0.717) is 55.2 Å². The van der Waals surface area contributed by atoms with E-state index in [2.05, 4.69) is 14.8 Å². The molecule has 2 aromatic carbocycles. The average molecular weight is 480 g/mol. The van der Waals surface area contributed by atoms with Gasteiger partial charge < -0.3 is 14.4 Å². The Bertz CT molecular complexity index is 1400. The maximum Gasteiger partial charge on any atom is 0.306 e. The van der Waals surface area contributed by atoms with Crippen molar-refractivity contribution in [3.63, 3.8) is 0 Å². The van der Waals surface area contributed by atoms with Crippen molar-refractivity contribution in [1.82, 2.24) is 14.8 Å². The van der Waals surface area contributed by atoms with Crippen molar-refractivity contribution in [3.05, 3.63) is 59.4 Å². The Labute approximate surface area is 200 Å². The third-order valence-electron chi connectivity index (χ3n) is 7.86. The van der Waals surface area contributed by atoms with Gasteiger partial charge in [0.15, 0.2) is 5.82 Å². The number of carboxylic acid groups (broad SMARTS) is 1. The molecular weight excluding hydrogens is 452 g/mol. The smallest absolute Gasteiger partial charge is 0.306 e. The zero-order chi connectivity index (χ0) is 24.1. The van der Waals surface area contributed by atoms with Crippen molar-refractivity contribution in [3.8, 4) is 5.69 Å². The highest BCUT2D eigenvalue weighted by Crippen LogP contribution is 2.48. The summed E-state index contributed by atoms with van der Waals surface area (Å²) in [6, 6.07) is 8.29. The molecule has 2 fully saturated rings. The molecule has 182 valence electrons. The lowest BCUT2D eigenvalue weighted by molar-refractivity contribution is -0.142. The average Bonchev–Trinajstić information content (AvgIpc) is 3.49. The van der Waals surface area contributed by atoms with Gasteiger partial charge in [-0.1, -0.05) is 0 Å². The molecule has 2 aromatic heterocycles. The summed E-state index contributed by atoms with van der Waals surface area (Å²) >= 11 is 0. The third-order valence-corrected chi connectivity index (χ3v) is 7.86. The van der Waals surface area contributed by atoms with Crippen LogP contribution in [0.15, 0.2) is 36.5 Å². The SMILES string of the molecule is O=C(O)C1CCC(c2c(C3CCOCC3)n(-c3ccc(F)cc3)c3cc4cn[nH]c4c(F)c23)CC1. The van der Waals surface area contributed by atoms with Gasteiger partial charge >= 0.3 is 5.97 Å². The molecule has 0 unspecified atom stereocenters. The predicted molar refractivity (Wildman–Crippen MR) is 128 cm³/mol. The van der Waals surface area contributed by atoms with Gasteiger partial charge in [-0.3, -0.25) is 9.89 Å². The summed E-state index contributed by atoms with van der Waals surface area (Å²) < 4.78 is 37.8. The highest BCUT2D eigenvalue weighted by Gasteiger charge is 2.35. The summed E-state index contributed by atoms with van der Waals surface area (Å²) in [6.07, 6.45) is 5.78. The Morgan fingerprint density at radius 3 is 2.43 bits per heavy atom. The molecule has 8 heteroatoms. The topological polar surface area (TPSA) is 80.1 Å². The molecule has 1 saturated carbocycles. The minimum atomic E-state index is -0.757. The number of hydrogen-bond acceptors (Lipinski definition) is 3. The molecule has 1 aliphatic heterocycles. The fourth-order valence-electron chi connectivity index (χ4n) is 6.13. The van der Waals surface area contributed by atoms with E-state index in [9.17, 15) is 14.3 Å². The summed E-state index contributed by atoms with van der Waals surface area (Å²) in [6.45, 7) is 1.27. The fraction of sp³-hybridized carbons (Fsp3) is 0.407. The zero-order valence-electron chi connectivity index (χ0n) is 19.3. The second kappa shape index (κ2) is 8.75. The normalized spacial score (nSPS) is 21.7. The number of H-pyrrole nitrogens is 1. The molecule has 2 N–H and O–H groups in total. The van der Waals surface area contributed by atoms with Crippen LogP contribution in [0.1, 0.15) is 61.6 Å². The number of nitrogens with one attached hydrogen (secondary N) is 1. The van der Waals surface area contributed by atoms with Gasteiger partial charge in [0.25, 0.3) is 0 Å². The Hall–Kier alpha value is -3.26. The molecule has 6 nitrogen and oxygen atoms in total. The molecule has 3 heterocycles. The first kappa shape index (κ1) is 22.2. The van der Waals surface area contributed by atoms with Gasteiger partial charge in [-0.05, 0) is 80.3 Å². The largest absolute Gasteiger partial charge is 0.481 e. The maximum atomic E-state index is 16.2. The van der Waals surface area contributed by atoms with Crippen molar-refractivity contribution in [1.29, 1.82) is 0 Å². The van der Waals surface area contributed by atoms with Crippen LogP contribution in [-0.4, -0.2) is 39.1 Å². The Morgan fingerprint density at radius 1 is 1.03 bits per heavy atom. The predicted octanol–water partition coefficient (Wildman–Crippen LogP) is 6.04. The standard InChI is InChI=1S/C27H27F2N3O3/c28-19-5-7-20(8-6-19)32-21-13-18-14-30-31-25(18)24(29)23(21)22(26(32)16-9-11-35-12-10-16)15-1-3-17(4-2-15)27(33)34/h5-8,13-17H,1-4,9-12H2,(H,30,31)(H,33,34). The molecule has 6 rings (SSSR count). The minimum absolute atomic E-state index is 0.0440. The summed E-state index contributed by atoms with van der Waals surface area (Å²) in [7, 11) is 0. The van der Waals surface area contributed by atoms with E-state index in [1.54, 1.807) is 18.3 Å². The van der Waals surface area contributed by atoms with E-state index >= 15 is 4.39 Å². The van der Waals surface area contributed by atoms with Crippen molar-refractivity contribution < 1.29 is 23.4 Å². The monoisotopic (exact) mass is 479 g/mol. The minimum Gasteiger partial charge on any atom is -0.481 e. The molecule has 1 saturated heterocycles. The number of nitrogens with zero attached hydrogens (tertiary/aromatic N) is 2. The number of carboxylic acids is 1. The molecule has 35 heavy (non-hydrogen) atoms. The van der Waals surface area contributed by atoms with Crippen LogP contribution in [0.25, 0.3) is 27.5 Å². The summed E-state index contributed by atoms with van der Waals surface area (Å²) in [4.78, 5) is 11.6. The molecule has 2 aliphatic rings. The Balaban J connectivity index is 1.64. The molecular formula is C27H27F2N3O3. The summed E-state index contributed by atoms with van der Waals surface area (Å²) in [5.74, 6) is -1.57. The second-order valence-corrected chi connectivity index (χ2v) is 9.80. The van der Waals surface area contributed by atoms with E-state index in [-0.39, 0.29) is 29.4 Å². The first-order valence-electron chi connectivity index (χ1n) is 12.3. The molecule has 0 amide bonds. The van der Waals surface area contributed by atoms with E-state index in [4.69, 9.17) is 4.74 Å². The van der Waals surface area contributed by atoms with Crippen LogP contribution in [0.2, 0.25) is 0 Å². The van der Waals surface area contributed by atoms with Crippen molar-refractivity contribution in [2.75, 3.05) is 13.2 Å². The fourth-order valence-corrected chi connectivity index (χ4v) is 6.13. The highest BCUT2D eigenvalue weighted by molar-refractivity contribution is 5.99. The number of carbonyl (C=O) groups is 1. The van der Waals surface area contributed by atoms with Crippen LogP contribution < -0.4 is 0 Å². The van der Waals surface area contributed by atoms with Gasteiger partial charge in [-0.15, -0.1) is 0 Å². The number of benzene rings is 2. The van der Waals surface area contributed by atoms with Crippen molar-refractivity contribution >= 4 is 27.8 Å². The number of ether oxygens (including phenoxy) is 1. The molecule has 4 aromatic rings. The van der Waals surface area contributed by atoms with Crippen molar-refractivity contribution in [2.24, 2.45) is 5.92 Å². The van der Waals surface area contributed by atoms with Crippen LogP contribution in [0.4, 0.5) is 8.78 Å². The van der Waals surface area contributed by atoms with Crippen LogP contribution >= 0.6 is 0 Å². The molecule has 0 radical (unpaired) electrons. The lowest BCUT2D eigenvalue weighted by Gasteiger charge is -2.30. The third kappa shape index (κ3) is 3.71. The molecule has 1 aliphatic carbocycles. The second-order valence-electron chi connectivity index (χ2n) is 9.80. The Morgan fingerprint density at radius 2 is 1.74 bits per heavy atom. The number of halogens is 2. The van der Waals surface area contributed by atoms with Gasteiger partial charge in [0, 0.05) is 41.3 Å². The first-order chi connectivity index (χ1) is 17.0. The van der Waals surface area contributed by atoms with Gasteiger partial charge in [-0.25, -0.2) is 8.78 Å². The van der Waals surface area contributed by atoms with Gasteiger partial charge in [0.2, 0.25) is 0 Å². The van der Waals surface area contributed by atoms with E-state index in [1.807, 2.05) is 6.07 Å². The van der Waals surface area contributed by atoms with E-state index in [1.165, 1.54) is 12.1 Å². The number of rotatable bonds is 4. The lowest BCUT2D eigenvalue weighted by atomic mass is 9.76. The van der Waals surface area contributed by atoms with E-state index < -0.39 is 5.97 Å². The van der Waals surface area contributed by atoms with Gasteiger partial charge in [-0.2, -0.15) is 5.10 Å². The number of aliphatic carboxylic acids is 1. The first-order valence-corrected chi connectivity index (χ1v) is 12.3. The number of fused-ring (bicyclic) bond motifs is 2. The quantitative estimate of drug-likeness (QED) is 0.374. The van der Waals surface area contributed by atoms with Crippen molar-refractivity contribution in [2.45, 2.75) is 50.4 Å². The van der Waals surface area contributed by atoms with Gasteiger partial charge in [0.1, 0.15) is 11.3 Å². The van der Waals surface area contributed by atoms with E-state index in [0.717, 1.165) is 35.3 Å². The number of hydrogen-bond donors (Lipinski definition) is 2. The molecule has 0 spiro atoms. The number of aromatic amines is 1. The van der Waals surface area contributed by atoms with Gasteiger partial charge in [0.05, 0.1) is 17.6 Å². The van der Waals surface area contributed by atoms with Crippen LogP contribution in [-0.2, 0) is 9.53 Å². The maximum absolute atomic E-state index is 16.2. The molecule has 0 atom stereocenters. The zero-order valence-corrected chi connectivity index (χ0v) is 19.3. The summed E-state index contributed by atoms with van der Waals surface area (Å²) in [5, 5.41) is 17.6. The van der Waals surface area contributed by atoms with Crippen LogP contribution in [0.3, 0.4) is 0 Å². The van der Waals surface area contributed by atoms with Crippen LogP contribution in [0.5, 0.6) is 0 Å². The Kier molecular flexibility index (Phi) is 5.56. The lowest BCUT2D eigenvalue weighted by Crippen LogP contribution is -2.23. The number of aromatic nitrogens is 3. The highest BCUT2D eigenvalue weighted by atomic mass is 19.1. The van der Waals surface area contributed by atoms with Crippen LogP contribution in [0, 0.1) is 17.6 Å².